The lowest BCUT2D eigenvalue weighted by Crippen LogP contribution is -2.39. The van der Waals surface area contributed by atoms with E-state index in [1.165, 1.54) is 11.1 Å². The average Bonchev–Trinajstić information content (AvgIpc) is 3.23. The summed E-state index contributed by atoms with van der Waals surface area (Å²) < 4.78 is 8.12. The molecule has 150 valence electrons. The number of likely N-dealkylation sites (tertiary alicyclic amines) is 1. The fourth-order valence-electron chi connectivity index (χ4n) is 4.55. The number of hydrogen-bond donors (Lipinski definition) is 1. The molecule has 2 aliphatic rings. The van der Waals surface area contributed by atoms with Crippen LogP contribution in [-0.4, -0.2) is 44.4 Å². The van der Waals surface area contributed by atoms with Gasteiger partial charge in [0, 0.05) is 18.7 Å². The summed E-state index contributed by atoms with van der Waals surface area (Å²) in [5.74, 6) is 1.05. The maximum Gasteiger partial charge on any atom is 0.182 e. The fraction of sp³-hybridized carbons (Fsp3) is 0.522. The van der Waals surface area contributed by atoms with Gasteiger partial charge in [-0.2, -0.15) is 0 Å². The Bertz CT molecular complexity index is 844. The first-order valence-corrected chi connectivity index (χ1v) is 10.3. The number of imidazole rings is 1. The first kappa shape index (κ1) is 19.1. The largest absolute Gasteiger partial charge is 0.474 e. The van der Waals surface area contributed by atoms with Crippen molar-refractivity contribution >= 4 is 0 Å². The highest BCUT2D eigenvalue weighted by molar-refractivity contribution is 5.68. The van der Waals surface area contributed by atoms with E-state index < -0.39 is 0 Å². The second kappa shape index (κ2) is 7.28. The van der Waals surface area contributed by atoms with Crippen LogP contribution >= 0.6 is 0 Å². The molecule has 1 aromatic carbocycles. The van der Waals surface area contributed by atoms with Crippen molar-refractivity contribution in [1.29, 1.82) is 0 Å². The van der Waals surface area contributed by atoms with E-state index in [0.717, 1.165) is 43.9 Å². The molecule has 2 atom stereocenters. The molecular formula is C23H31N3O2. The van der Waals surface area contributed by atoms with Crippen LogP contribution in [0.15, 0.2) is 49.3 Å². The highest BCUT2D eigenvalue weighted by Crippen LogP contribution is 2.42. The molecule has 1 N–H and O–H groups in total. The van der Waals surface area contributed by atoms with E-state index in [0.29, 0.717) is 5.92 Å². The summed E-state index contributed by atoms with van der Waals surface area (Å²) in [4.78, 5) is 6.52. The topological polar surface area (TPSA) is 50.5 Å². The van der Waals surface area contributed by atoms with E-state index >= 15 is 0 Å². The molecule has 0 amide bonds. The van der Waals surface area contributed by atoms with Crippen LogP contribution in [0.2, 0.25) is 0 Å². The number of fused-ring (bicyclic) bond motifs is 3. The predicted molar refractivity (Wildman–Crippen MR) is 111 cm³/mol. The van der Waals surface area contributed by atoms with Crippen LogP contribution in [0.1, 0.15) is 51.6 Å². The van der Waals surface area contributed by atoms with Crippen LogP contribution in [0.25, 0.3) is 11.3 Å². The summed E-state index contributed by atoms with van der Waals surface area (Å²) in [7, 11) is 0. The van der Waals surface area contributed by atoms with E-state index in [-0.39, 0.29) is 17.7 Å². The zero-order chi connectivity index (χ0) is 19.9. The van der Waals surface area contributed by atoms with Gasteiger partial charge in [-0.05, 0) is 58.1 Å². The number of aromatic nitrogens is 2. The van der Waals surface area contributed by atoms with Crippen molar-refractivity contribution in [2.75, 3.05) is 13.1 Å². The second-order valence-electron chi connectivity index (χ2n) is 9.02. The van der Waals surface area contributed by atoms with Crippen LogP contribution in [0, 0.1) is 5.92 Å². The van der Waals surface area contributed by atoms with Crippen molar-refractivity contribution in [2.45, 2.75) is 57.8 Å². The molecule has 1 fully saturated rings. The Morgan fingerprint density at radius 3 is 2.71 bits per heavy atom. The smallest absolute Gasteiger partial charge is 0.182 e. The van der Waals surface area contributed by atoms with Crippen LogP contribution in [0.5, 0.6) is 0 Å². The van der Waals surface area contributed by atoms with Crippen molar-refractivity contribution in [3.8, 4) is 11.3 Å². The molecule has 4 rings (SSSR count). The van der Waals surface area contributed by atoms with Crippen LogP contribution < -0.4 is 0 Å². The Morgan fingerprint density at radius 2 is 2.00 bits per heavy atom. The lowest BCUT2D eigenvalue weighted by atomic mass is 9.86. The van der Waals surface area contributed by atoms with E-state index in [2.05, 4.69) is 45.3 Å². The number of rotatable bonds is 5. The van der Waals surface area contributed by atoms with Crippen LogP contribution in [-0.2, 0) is 4.74 Å². The van der Waals surface area contributed by atoms with E-state index in [9.17, 15) is 5.11 Å². The zero-order valence-electron chi connectivity index (χ0n) is 17.1. The number of aliphatic hydroxyl groups excluding tert-OH is 1. The predicted octanol–water partition coefficient (Wildman–Crippen LogP) is 4.20. The molecule has 0 bridgehead atoms. The van der Waals surface area contributed by atoms with Gasteiger partial charge in [-0.25, -0.2) is 4.98 Å². The van der Waals surface area contributed by atoms with Crippen molar-refractivity contribution in [1.82, 2.24) is 14.5 Å². The molecule has 0 unspecified atom stereocenters. The molecule has 0 spiro atoms. The molecular weight excluding hydrogens is 350 g/mol. The SMILES string of the molecule is C=C(OC(C)(C)C)N1CCC([C@@H](O)C[C@@H]2c3ccccc3-c3cncn32)CC1. The van der Waals surface area contributed by atoms with E-state index in [4.69, 9.17) is 4.74 Å². The summed E-state index contributed by atoms with van der Waals surface area (Å²) in [6.07, 6.45) is 6.13. The highest BCUT2D eigenvalue weighted by atomic mass is 16.5. The first-order valence-electron chi connectivity index (χ1n) is 10.3. The third-order valence-electron chi connectivity index (χ3n) is 5.92. The lowest BCUT2D eigenvalue weighted by molar-refractivity contribution is -0.0167. The average molecular weight is 382 g/mol. The quantitative estimate of drug-likeness (QED) is 0.789. The number of piperidine rings is 1. The number of nitrogens with zero attached hydrogens (tertiary/aromatic N) is 3. The summed E-state index contributed by atoms with van der Waals surface area (Å²) in [5.41, 5.74) is 3.45. The van der Waals surface area contributed by atoms with Gasteiger partial charge in [-0.1, -0.05) is 24.3 Å². The van der Waals surface area contributed by atoms with Crippen molar-refractivity contribution in [3.63, 3.8) is 0 Å². The number of aliphatic hydroxyl groups is 1. The second-order valence-corrected chi connectivity index (χ2v) is 9.02. The maximum atomic E-state index is 11.0. The molecule has 0 aliphatic carbocycles. The monoisotopic (exact) mass is 381 g/mol. The minimum Gasteiger partial charge on any atom is -0.474 e. The molecule has 1 aromatic heterocycles. The molecule has 2 aromatic rings. The van der Waals surface area contributed by atoms with E-state index in [1.54, 1.807) is 0 Å². The van der Waals surface area contributed by atoms with Crippen molar-refractivity contribution in [2.24, 2.45) is 5.92 Å². The minimum atomic E-state index is -0.328. The Hall–Kier alpha value is -2.27. The van der Waals surface area contributed by atoms with Gasteiger partial charge in [0.15, 0.2) is 5.88 Å². The number of benzene rings is 1. The highest BCUT2D eigenvalue weighted by Gasteiger charge is 2.33. The number of hydrogen-bond acceptors (Lipinski definition) is 4. The van der Waals surface area contributed by atoms with Gasteiger partial charge in [-0.15, -0.1) is 0 Å². The van der Waals surface area contributed by atoms with Gasteiger partial charge in [-0.3, -0.25) is 0 Å². The summed E-state index contributed by atoms with van der Waals surface area (Å²) >= 11 is 0. The van der Waals surface area contributed by atoms with Gasteiger partial charge >= 0.3 is 0 Å². The standard InChI is InChI=1S/C23H31N3O2/c1-16(28-23(2,3)4)25-11-9-17(10-12-25)22(27)13-20-18-7-5-6-8-19(18)21-14-24-15-26(20)21/h5-8,14-15,17,20,22,27H,1,9-13H2,2-4H3/t20-,22+/m1/s1. The van der Waals surface area contributed by atoms with Crippen molar-refractivity contribution in [3.05, 3.63) is 54.8 Å². The Morgan fingerprint density at radius 1 is 1.29 bits per heavy atom. The lowest BCUT2D eigenvalue weighted by Gasteiger charge is -2.38. The third-order valence-corrected chi connectivity index (χ3v) is 5.92. The third kappa shape index (κ3) is 3.68. The summed E-state index contributed by atoms with van der Waals surface area (Å²) in [5, 5.41) is 11.0. The van der Waals surface area contributed by atoms with E-state index in [1.807, 2.05) is 33.3 Å². The summed E-state index contributed by atoms with van der Waals surface area (Å²) in [6, 6.07) is 8.64. The molecule has 0 saturated carbocycles. The molecule has 5 nitrogen and oxygen atoms in total. The molecule has 2 aliphatic heterocycles. The molecule has 1 saturated heterocycles. The minimum absolute atomic E-state index is 0.168. The van der Waals surface area contributed by atoms with Crippen LogP contribution in [0.4, 0.5) is 0 Å². The van der Waals surface area contributed by atoms with Gasteiger partial charge < -0.3 is 19.3 Å². The molecule has 3 heterocycles. The van der Waals surface area contributed by atoms with Gasteiger partial charge in [0.2, 0.25) is 0 Å². The maximum absolute atomic E-state index is 11.0. The van der Waals surface area contributed by atoms with Crippen molar-refractivity contribution < 1.29 is 9.84 Å². The van der Waals surface area contributed by atoms with Crippen LogP contribution in [0.3, 0.4) is 0 Å². The zero-order valence-corrected chi connectivity index (χ0v) is 17.1. The Labute approximate surface area is 167 Å². The van der Waals surface area contributed by atoms with Gasteiger partial charge in [0.25, 0.3) is 0 Å². The molecule has 5 heteroatoms. The summed E-state index contributed by atoms with van der Waals surface area (Å²) in [6.45, 7) is 12.0. The Kier molecular flexibility index (Phi) is 4.96. The van der Waals surface area contributed by atoms with Gasteiger partial charge in [0.1, 0.15) is 5.60 Å². The first-order chi connectivity index (χ1) is 13.3. The fourth-order valence-corrected chi connectivity index (χ4v) is 4.55. The molecule has 28 heavy (non-hydrogen) atoms. The Balaban J connectivity index is 1.38. The molecule has 0 radical (unpaired) electrons. The normalized spacial score (nSPS) is 20.6. The van der Waals surface area contributed by atoms with Gasteiger partial charge in [0.05, 0.1) is 30.4 Å². The number of ether oxygens (including phenoxy) is 1.